The van der Waals surface area contributed by atoms with Crippen LogP contribution in [0.5, 0.6) is 0 Å². The van der Waals surface area contributed by atoms with Gasteiger partial charge in [-0.1, -0.05) is 6.08 Å². The summed E-state index contributed by atoms with van der Waals surface area (Å²) in [5.41, 5.74) is 6.59. The number of nitrogens with two attached hydrogens (primary N) is 1. The first-order valence-electron chi connectivity index (χ1n) is 4.63. The van der Waals surface area contributed by atoms with Crippen molar-refractivity contribution in [2.75, 3.05) is 5.73 Å². The number of hydrogen-bond acceptors (Lipinski definition) is 3. The molecule has 0 bridgehead atoms. The zero-order valence-corrected chi connectivity index (χ0v) is 8.81. The zero-order chi connectivity index (χ0) is 10.6. The van der Waals surface area contributed by atoms with Crippen molar-refractivity contribution in [3.63, 3.8) is 0 Å². The molecule has 0 aliphatic heterocycles. The molecule has 4 heteroatoms. The van der Waals surface area contributed by atoms with Crippen molar-refractivity contribution in [3.8, 4) is 0 Å². The van der Waals surface area contributed by atoms with Gasteiger partial charge in [-0.3, -0.25) is 4.99 Å². The molecule has 1 rings (SSSR count). The van der Waals surface area contributed by atoms with E-state index < -0.39 is 0 Å². The number of nitrogen functional groups attached to an aromatic ring is 1. The normalized spacial score (nSPS) is 12.3. The summed E-state index contributed by atoms with van der Waals surface area (Å²) in [7, 11) is 0. The Labute approximate surface area is 84.2 Å². The van der Waals surface area contributed by atoms with Crippen LogP contribution in [0.3, 0.4) is 0 Å². The van der Waals surface area contributed by atoms with E-state index in [0.717, 1.165) is 5.69 Å². The molecule has 76 valence electrons. The van der Waals surface area contributed by atoms with Crippen LogP contribution in [0.4, 0.5) is 5.82 Å². The number of allylic oxidation sites excluding steroid dienone is 1. The van der Waals surface area contributed by atoms with Crippen LogP contribution in [-0.4, -0.2) is 15.8 Å². The Morgan fingerprint density at radius 2 is 2.29 bits per heavy atom. The van der Waals surface area contributed by atoms with Gasteiger partial charge in [0.15, 0.2) is 0 Å². The van der Waals surface area contributed by atoms with E-state index in [9.17, 15) is 0 Å². The summed E-state index contributed by atoms with van der Waals surface area (Å²) >= 11 is 0. The second-order valence-electron chi connectivity index (χ2n) is 3.28. The maximum atomic E-state index is 5.87. The Kier molecular flexibility index (Phi) is 3.45. The molecule has 0 atom stereocenters. The van der Waals surface area contributed by atoms with Crippen LogP contribution in [0.25, 0.3) is 0 Å². The van der Waals surface area contributed by atoms with E-state index in [-0.39, 0.29) is 0 Å². The summed E-state index contributed by atoms with van der Waals surface area (Å²) in [6.07, 6.45) is 6.95. The predicted octanol–water partition coefficient (Wildman–Crippen LogP) is 2.00. The highest BCUT2D eigenvalue weighted by molar-refractivity contribution is 5.83. The summed E-state index contributed by atoms with van der Waals surface area (Å²) < 4.78 is 1.91. The number of nitrogens with zero attached hydrogens (tertiary/aromatic N) is 3. The standard InChI is InChI=1S/C10H16N4/c1-4-5-12-6-9-10(11)14(7-13-9)8(2)3/h4-8H,11H2,1-3H3/b5-4-,12-6-. The predicted molar refractivity (Wildman–Crippen MR) is 59.4 cm³/mol. The second-order valence-corrected chi connectivity index (χ2v) is 3.28. The van der Waals surface area contributed by atoms with Crippen LogP contribution < -0.4 is 5.73 Å². The van der Waals surface area contributed by atoms with Gasteiger partial charge in [-0.25, -0.2) is 4.98 Å². The van der Waals surface area contributed by atoms with Gasteiger partial charge in [0.25, 0.3) is 0 Å². The van der Waals surface area contributed by atoms with Crippen LogP contribution in [-0.2, 0) is 0 Å². The summed E-state index contributed by atoms with van der Waals surface area (Å²) in [6, 6.07) is 0.325. The maximum absolute atomic E-state index is 5.87. The summed E-state index contributed by atoms with van der Waals surface area (Å²) in [5, 5.41) is 0. The highest BCUT2D eigenvalue weighted by Crippen LogP contribution is 2.13. The van der Waals surface area contributed by atoms with Crippen molar-refractivity contribution >= 4 is 12.0 Å². The monoisotopic (exact) mass is 192 g/mol. The molecule has 14 heavy (non-hydrogen) atoms. The number of aliphatic imine (C=N–C) groups is 1. The van der Waals surface area contributed by atoms with Crippen LogP contribution in [0, 0.1) is 0 Å². The third-order valence-electron chi connectivity index (χ3n) is 1.85. The second kappa shape index (κ2) is 4.60. The van der Waals surface area contributed by atoms with E-state index >= 15 is 0 Å². The molecule has 0 unspecified atom stereocenters. The summed E-state index contributed by atoms with van der Waals surface area (Å²) in [4.78, 5) is 8.20. The quantitative estimate of drug-likeness (QED) is 0.745. The minimum absolute atomic E-state index is 0.325. The van der Waals surface area contributed by atoms with Gasteiger partial charge in [0, 0.05) is 12.2 Å². The summed E-state index contributed by atoms with van der Waals surface area (Å²) in [5.74, 6) is 0.660. The van der Waals surface area contributed by atoms with Gasteiger partial charge >= 0.3 is 0 Å². The highest BCUT2D eigenvalue weighted by atomic mass is 15.1. The molecule has 0 aromatic carbocycles. The van der Waals surface area contributed by atoms with Crippen molar-refractivity contribution in [2.45, 2.75) is 26.8 Å². The number of rotatable bonds is 3. The van der Waals surface area contributed by atoms with Gasteiger partial charge in [0.1, 0.15) is 11.5 Å². The Morgan fingerprint density at radius 1 is 1.57 bits per heavy atom. The molecular formula is C10H16N4. The van der Waals surface area contributed by atoms with Crippen molar-refractivity contribution in [1.82, 2.24) is 9.55 Å². The van der Waals surface area contributed by atoms with E-state index in [4.69, 9.17) is 5.73 Å². The van der Waals surface area contributed by atoms with E-state index in [1.807, 2.05) is 17.6 Å². The van der Waals surface area contributed by atoms with Gasteiger partial charge in [0.2, 0.25) is 0 Å². The molecule has 0 amide bonds. The van der Waals surface area contributed by atoms with E-state index in [0.29, 0.717) is 11.9 Å². The molecule has 0 saturated carbocycles. The number of aromatic nitrogens is 2. The number of anilines is 1. The largest absolute Gasteiger partial charge is 0.383 e. The van der Waals surface area contributed by atoms with Crippen molar-refractivity contribution in [1.29, 1.82) is 0 Å². The lowest BCUT2D eigenvalue weighted by atomic mass is 10.4. The van der Waals surface area contributed by atoms with Crippen LogP contribution in [0.2, 0.25) is 0 Å². The molecular weight excluding hydrogens is 176 g/mol. The van der Waals surface area contributed by atoms with E-state index in [2.05, 4.69) is 23.8 Å². The fourth-order valence-electron chi connectivity index (χ4n) is 1.10. The van der Waals surface area contributed by atoms with Crippen molar-refractivity contribution < 1.29 is 0 Å². The first-order chi connectivity index (χ1) is 6.66. The Hall–Kier alpha value is -1.58. The Morgan fingerprint density at radius 3 is 2.79 bits per heavy atom. The SMILES string of the molecule is C/C=C\N=C/c1ncn(C(C)C)c1N. The molecule has 0 aliphatic rings. The average molecular weight is 192 g/mol. The first kappa shape index (κ1) is 10.5. The van der Waals surface area contributed by atoms with Crippen LogP contribution in [0.1, 0.15) is 32.5 Å². The molecule has 0 spiro atoms. The van der Waals surface area contributed by atoms with Gasteiger partial charge in [0.05, 0.1) is 12.5 Å². The maximum Gasteiger partial charge on any atom is 0.132 e. The highest BCUT2D eigenvalue weighted by Gasteiger charge is 2.06. The fourth-order valence-corrected chi connectivity index (χ4v) is 1.10. The molecule has 0 saturated heterocycles. The average Bonchev–Trinajstić information content (AvgIpc) is 2.48. The minimum atomic E-state index is 0.325. The topological polar surface area (TPSA) is 56.2 Å². The molecule has 0 aliphatic carbocycles. The molecule has 2 N–H and O–H groups in total. The van der Waals surface area contributed by atoms with Gasteiger partial charge < -0.3 is 10.3 Å². The lowest BCUT2D eigenvalue weighted by molar-refractivity contribution is 0.607. The molecule has 4 nitrogen and oxygen atoms in total. The van der Waals surface area contributed by atoms with Crippen LogP contribution in [0.15, 0.2) is 23.6 Å². The number of hydrogen-bond donors (Lipinski definition) is 1. The molecule has 1 aromatic rings. The summed E-state index contributed by atoms with van der Waals surface area (Å²) in [6.45, 7) is 6.03. The molecule has 1 heterocycles. The van der Waals surface area contributed by atoms with Gasteiger partial charge in [-0.2, -0.15) is 0 Å². The lowest BCUT2D eigenvalue weighted by Crippen LogP contribution is -2.04. The fraction of sp³-hybridized carbons (Fsp3) is 0.400. The van der Waals surface area contributed by atoms with Crippen LogP contribution >= 0.6 is 0 Å². The van der Waals surface area contributed by atoms with E-state index in [1.54, 1.807) is 18.7 Å². The smallest absolute Gasteiger partial charge is 0.132 e. The Balaban J connectivity index is 2.90. The Bertz CT molecular complexity index is 347. The van der Waals surface area contributed by atoms with Gasteiger partial charge in [-0.05, 0) is 20.8 Å². The molecule has 0 fully saturated rings. The lowest BCUT2D eigenvalue weighted by Gasteiger charge is -2.07. The van der Waals surface area contributed by atoms with Gasteiger partial charge in [-0.15, -0.1) is 0 Å². The number of imidazole rings is 1. The minimum Gasteiger partial charge on any atom is -0.383 e. The van der Waals surface area contributed by atoms with Crippen molar-refractivity contribution in [3.05, 3.63) is 24.3 Å². The molecule has 0 radical (unpaired) electrons. The van der Waals surface area contributed by atoms with E-state index in [1.165, 1.54) is 0 Å². The zero-order valence-electron chi connectivity index (χ0n) is 8.81. The molecule has 1 aromatic heterocycles. The third kappa shape index (κ3) is 2.22. The van der Waals surface area contributed by atoms with Crippen molar-refractivity contribution in [2.24, 2.45) is 4.99 Å². The first-order valence-corrected chi connectivity index (χ1v) is 4.63. The third-order valence-corrected chi connectivity index (χ3v) is 1.85.